The average molecular weight is 344 g/mol. The van der Waals surface area contributed by atoms with Crippen LogP contribution < -0.4 is 0 Å². The van der Waals surface area contributed by atoms with Crippen LogP contribution in [0.25, 0.3) is 0 Å². The Kier molecular flexibility index (Phi) is 4.42. The molecule has 0 N–H and O–H groups in total. The Morgan fingerprint density at radius 2 is 1.82 bits per heavy atom. The Hall–Kier alpha value is -1.12. The number of hydrogen-bond acceptors (Lipinski definition) is 4. The highest BCUT2D eigenvalue weighted by Gasteiger charge is 2.42. The van der Waals surface area contributed by atoms with E-state index in [0.717, 1.165) is 25.0 Å². The maximum absolute atomic E-state index is 13.0. The molecular weight excluding hydrogens is 327 g/mol. The third-order valence-electron chi connectivity index (χ3n) is 3.96. The molecule has 2 aliphatic rings. The molecule has 2 aliphatic heterocycles. The van der Waals surface area contributed by atoms with Gasteiger partial charge in [0.15, 0.2) is 0 Å². The summed E-state index contributed by atoms with van der Waals surface area (Å²) < 4.78 is 39.6. The van der Waals surface area contributed by atoms with Crippen LogP contribution in [0.3, 0.4) is 0 Å². The third kappa shape index (κ3) is 2.87. The van der Waals surface area contributed by atoms with Crippen LogP contribution in [0.2, 0.25) is 0 Å². The molecule has 22 heavy (non-hydrogen) atoms. The largest absolute Gasteiger partial charge is 0.341 e. The van der Waals surface area contributed by atoms with Crippen molar-refractivity contribution in [1.82, 2.24) is 9.21 Å². The smallest absolute Gasteiger partial charge is 0.244 e. The summed E-state index contributed by atoms with van der Waals surface area (Å²) in [7, 11) is -3.78. The fraction of sp³-hybridized carbons (Fsp3) is 0.500. The molecule has 0 saturated carbocycles. The first-order chi connectivity index (χ1) is 10.5. The number of carbonyl (C=O) groups excluding carboxylic acids is 1. The van der Waals surface area contributed by atoms with Crippen molar-refractivity contribution in [2.45, 2.75) is 23.8 Å². The maximum atomic E-state index is 13.0. The van der Waals surface area contributed by atoms with E-state index in [2.05, 4.69) is 0 Å². The number of rotatable bonds is 3. The van der Waals surface area contributed by atoms with Gasteiger partial charge in [-0.15, -0.1) is 11.8 Å². The number of likely N-dealkylation sites (tertiary alicyclic amines) is 1. The van der Waals surface area contributed by atoms with E-state index < -0.39 is 21.9 Å². The zero-order valence-electron chi connectivity index (χ0n) is 11.9. The van der Waals surface area contributed by atoms with E-state index in [1.807, 2.05) is 0 Å². The molecule has 1 aromatic carbocycles. The molecule has 0 aromatic heterocycles. The van der Waals surface area contributed by atoms with Gasteiger partial charge in [-0.05, 0) is 37.1 Å². The lowest BCUT2D eigenvalue weighted by molar-refractivity contribution is -0.133. The minimum atomic E-state index is -3.78. The van der Waals surface area contributed by atoms with Crippen molar-refractivity contribution >= 4 is 27.7 Å². The van der Waals surface area contributed by atoms with E-state index in [1.165, 1.54) is 28.2 Å². The molecule has 2 fully saturated rings. The predicted octanol–water partition coefficient (Wildman–Crippen LogP) is 1.51. The van der Waals surface area contributed by atoms with Crippen LogP contribution in [0.4, 0.5) is 4.39 Å². The molecule has 1 aromatic rings. The lowest BCUT2D eigenvalue weighted by Gasteiger charge is -2.26. The molecule has 0 aliphatic carbocycles. The van der Waals surface area contributed by atoms with Gasteiger partial charge in [-0.2, -0.15) is 4.31 Å². The molecule has 0 unspecified atom stereocenters. The molecular formula is C14H17FN2O3S2. The molecule has 0 radical (unpaired) electrons. The second-order valence-electron chi connectivity index (χ2n) is 5.39. The molecule has 8 heteroatoms. The van der Waals surface area contributed by atoms with E-state index >= 15 is 0 Å². The van der Waals surface area contributed by atoms with Gasteiger partial charge in [-0.25, -0.2) is 12.8 Å². The number of sulfonamides is 1. The molecule has 2 saturated heterocycles. The predicted molar refractivity (Wildman–Crippen MR) is 82.4 cm³/mol. The SMILES string of the molecule is O=C([C@@H]1CSCN1S(=O)(=O)c1ccc(F)cc1)N1CCCC1. The number of halogens is 1. The summed E-state index contributed by atoms with van der Waals surface area (Å²) in [5, 5.41) is 0. The summed E-state index contributed by atoms with van der Waals surface area (Å²) in [6, 6.07) is 4.06. The normalized spacial score (nSPS) is 23.1. The summed E-state index contributed by atoms with van der Waals surface area (Å²) in [5.41, 5.74) is 0. The van der Waals surface area contributed by atoms with Crippen molar-refractivity contribution in [3.8, 4) is 0 Å². The summed E-state index contributed by atoms with van der Waals surface area (Å²) in [5.74, 6) is 0.118. The third-order valence-corrected chi connectivity index (χ3v) is 7.01. The first-order valence-corrected chi connectivity index (χ1v) is 9.73. The fourth-order valence-electron chi connectivity index (χ4n) is 2.75. The number of amides is 1. The van der Waals surface area contributed by atoms with Gasteiger partial charge in [0.25, 0.3) is 0 Å². The van der Waals surface area contributed by atoms with E-state index in [9.17, 15) is 17.6 Å². The average Bonchev–Trinajstić information content (AvgIpc) is 3.19. The van der Waals surface area contributed by atoms with Gasteiger partial charge >= 0.3 is 0 Å². The van der Waals surface area contributed by atoms with Crippen LogP contribution in [-0.2, 0) is 14.8 Å². The standard InChI is InChI=1S/C14H17FN2O3S2/c15-11-3-5-12(6-4-11)22(19,20)17-10-21-9-13(17)14(18)16-7-1-2-8-16/h3-6,13H,1-2,7-10H2/t13-/m0/s1. The quantitative estimate of drug-likeness (QED) is 0.834. The monoisotopic (exact) mass is 344 g/mol. The Balaban J connectivity index is 1.85. The lowest BCUT2D eigenvalue weighted by atomic mass is 10.3. The minimum Gasteiger partial charge on any atom is -0.341 e. The van der Waals surface area contributed by atoms with Crippen LogP contribution in [0.5, 0.6) is 0 Å². The van der Waals surface area contributed by atoms with Gasteiger partial charge in [-0.1, -0.05) is 0 Å². The number of hydrogen-bond donors (Lipinski definition) is 0. The van der Waals surface area contributed by atoms with Gasteiger partial charge in [0.2, 0.25) is 15.9 Å². The Labute approximate surface area is 133 Å². The maximum Gasteiger partial charge on any atom is 0.244 e. The van der Waals surface area contributed by atoms with E-state index in [4.69, 9.17) is 0 Å². The molecule has 3 rings (SSSR count). The first kappa shape index (κ1) is 15.8. The summed E-state index contributed by atoms with van der Waals surface area (Å²) >= 11 is 1.43. The van der Waals surface area contributed by atoms with Crippen LogP contribution in [0, 0.1) is 5.82 Å². The lowest BCUT2D eigenvalue weighted by Crippen LogP contribution is -2.48. The second kappa shape index (κ2) is 6.17. The topological polar surface area (TPSA) is 57.7 Å². The summed E-state index contributed by atoms with van der Waals surface area (Å²) in [4.78, 5) is 14.3. The molecule has 120 valence electrons. The van der Waals surface area contributed by atoms with Crippen LogP contribution in [0.15, 0.2) is 29.2 Å². The van der Waals surface area contributed by atoms with E-state index in [-0.39, 0.29) is 16.7 Å². The van der Waals surface area contributed by atoms with Crippen molar-refractivity contribution in [3.05, 3.63) is 30.1 Å². The van der Waals surface area contributed by atoms with Crippen molar-refractivity contribution in [2.24, 2.45) is 0 Å². The van der Waals surface area contributed by atoms with Gasteiger partial charge in [-0.3, -0.25) is 4.79 Å². The van der Waals surface area contributed by atoms with E-state index in [1.54, 1.807) is 4.90 Å². The molecule has 0 bridgehead atoms. The van der Waals surface area contributed by atoms with Crippen molar-refractivity contribution < 1.29 is 17.6 Å². The van der Waals surface area contributed by atoms with Crippen LogP contribution in [0.1, 0.15) is 12.8 Å². The zero-order chi connectivity index (χ0) is 15.7. The highest BCUT2D eigenvalue weighted by atomic mass is 32.2. The highest BCUT2D eigenvalue weighted by molar-refractivity contribution is 8.00. The highest BCUT2D eigenvalue weighted by Crippen LogP contribution is 2.30. The number of nitrogens with zero attached hydrogens (tertiary/aromatic N) is 2. The Bertz CT molecular complexity index is 657. The summed E-state index contributed by atoms with van der Waals surface area (Å²) in [6.07, 6.45) is 1.94. The van der Waals surface area contributed by atoms with E-state index in [0.29, 0.717) is 18.8 Å². The molecule has 5 nitrogen and oxygen atoms in total. The van der Waals surface area contributed by atoms with Crippen molar-refractivity contribution in [2.75, 3.05) is 24.7 Å². The number of carbonyl (C=O) groups is 1. The van der Waals surface area contributed by atoms with Gasteiger partial charge in [0, 0.05) is 18.8 Å². The molecule has 2 heterocycles. The van der Waals surface area contributed by atoms with Gasteiger partial charge in [0.1, 0.15) is 11.9 Å². The van der Waals surface area contributed by atoms with Crippen molar-refractivity contribution in [3.63, 3.8) is 0 Å². The minimum absolute atomic E-state index is 0.0237. The molecule has 1 amide bonds. The van der Waals surface area contributed by atoms with Crippen molar-refractivity contribution in [1.29, 1.82) is 0 Å². The fourth-order valence-corrected chi connectivity index (χ4v) is 5.88. The Morgan fingerprint density at radius 1 is 1.18 bits per heavy atom. The first-order valence-electron chi connectivity index (χ1n) is 7.14. The van der Waals surface area contributed by atoms with Crippen LogP contribution in [-0.4, -0.2) is 54.3 Å². The molecule has 0 spiro atoms. The van der Waals surface area contributed by atoms with Gasteiger partial charge < -0.3 is 4.90 Å². The second-order valence-corrected chi connectivity index (χ2v) is 8.28. The summed E-state index contributed by atoms with van der Waals surface area (Å²) in [6.45, 7) is 1.40. The number of thioether (sulfide) groups is 1. The number of benzene rings is 1. The van der Waals surface area contributed by atoms with Crippen LogP contribution >= 0.6 is 11.8 Å². The molecule has 1 atom stereocenters. The van der Waals surface area contributed by atoms with Gasteiger partial charge in [0.05, 0.1) is 10.8 Å². The zero-order valence-corrected chi connectivity index (χ0v) is 13.6. The Morgan fingerprint density at radius 3 is 2.45 bits per heavy atom.